The maximum atomic E-state index is 14.0. The highest BCUT2D eigenvalue weighted by atomic mass is 19.1. The molecule has 0 aliphatic carbocycles. The van der Waals surface area contributed by atoms with Gasteiger partial charge in [0.2, 0.25) is 0 Å². The third-order valence-electron chi connectivity index (χ3n) is 5.01. The summed E-state index contributed by atoms with van der Waals surface area (Å²) in [6, 6.07) is 11.3. The van der Waals surface area contributed by atoms with E-state index >= 15 is 0 Å². The number of halogens is 1. The molecule has 6 nitrogen and oxygen atoms in total. The van der Waals surface area contributed by atoms with Crippen LogP contribution in [0.2, 0.25) is 0 Å². The maximum Gasteiger partial charge on any atom is 0.268 e. The van der Waals surface area contributed by atoms with E-state index in [0.29, 0.717) is 6.54 Å². The van der Waals surface area contributed by atoms with Crippen molar-refractivity contribution in [2.24, 2.45) is 0 Å². The van der Waals surface area contributed by atoms with Gasteiger partial charge in [-0.3, -0.25) is 19.5 Å². The molecule has 2 aromatic heterocycles. The second kappa shape index (κ2) is 7.90. The Hall–Kier alpha value is -3.06. The second-order valence-electron chi connectivity index (χ2n) is 7.08. The number of H-pyrrole nitrogens is 1. The van der Waals surface area contributed by atoms with E-state index in [1.165, 1.54) is 24.3 Å². The van der Waals surface area contributed by atoms with Crippen LogP contribution in [0.15, 0.2) is 53.5 Å². The monoisotopic (exact) mass is 380 g/mol. The average Bonchev–Trinajstić information content (AvgIpc) is 2.70. The predicted octanol–water partition coefficient (Wildman–Crippen LogP) is 2.46. The van der Waals surface area contributed by atoms with Gasteiger partial charge in [0.05, 0.1) is 11.2 Å². The Bertz CT molecular complexity index is 1050. The molecule has 7 heteroatoms. The number of piperidine rings is 1. The maximum absolute atomic E-state index is 14.0. The van der Waals surface area contributed by atoms with Gasteiger partial charge < -0.3 is 10.3 Å². The topological polar surface area (TPSA) is 78.1 Å². The zero-order valence-electron chi connectivity index (χ0n) is 15.3. The van der Waals surface area contributed by atoms with Crippen LogP contribution in [0.1, 0.15) is 29.0 Å². The number of nitrogens with one attached hydrogen (secondary N) is 2. The summed E-state index contributed by atoms with van der Waals surface area (Å²) in [5.74, 6) is -0.949. The summed E-state index contributed by atoms with van der Waals surface area (Å²) in [4.78, 5) is 34.2. The fourth-order valence-corrected chi connectivity index (χ4v) is 3.66. The smallest absolute Gasteiger partial charge is 0.268 e. The van der Waals surface area contributed by atoms with Crippen LogP contribution in [-0.4, -0.2) is 39.9 Å². The molecule has 1 amide bonds. The van der Waals surface area contributed by atoms with Crippen LogP contribution >= 0.6 is 0 Å². The standard InChI is InChI=1S/C21H21FN4O2/c22-17-8-3-7-16-19(27)11-18(25-20(16)17)21(28)24-15-6-4-10-26(13-15)12-14-5-1-2-9-23-14/h1-3,5,7-9,11,15H,4,6,10,12-13H2,(H,24,28)(H,25,27). The number of aromatic amines is 1. The summed E-state index contributed by atoms with van der Waals surface area (Å²) in [5, 5.41) is 3.20. The first-order valence-electron chi connectivity index (χ1n) is 9.35. The molecule has 0 radical (unpaired) electrons. The van der Waals surface area contributed by atoms with Crippen molar-refractivity contribution in [2.75, 3.05) is 13.1 Å². The molecule has 1 atom stereocenters. The molecule has 4 rings (SSSR count). The van der Waals surface area contributed by atoms with Gasteiger partial charge in [0.15, 0.2) is 5.43 Å². The van der Waals surface area contributed by atoms with E-state index in [-0.39, 0.29) is 28.1 Å². The van der Waals surface area contributed by atoms with E-state index in [4.69, 9.17) is 0 Å². The molecule has 0 spiro atoms. The lowest BCUT2D eigenvalue weighted by Crippen LogP contribution is -2.47. The molecular formula is C21H21FN4O2. The SMILES string of the molecule is O=C(NC1CCCN(Cc2ccccn2)C1)c1cc(=O)c2cccc(F)c2[nH]1. The molecule has 1 aliphatic rings. The highest BCUT2D eigenvalue weighted by Crippen LogP contribution is 2.15. The Kier molecular flexibility index (Phi) is 5.16. The fourth-order valence-electron chi connectivity index (χ4n) is 3.66. The van der Waals surface area contributed by atoms with Gasteiger partial charge in [0.25, 0.3) is 5.91 Å². The van der Waals surface area contributed by atoms with E-state index in [9.17, 15) is 14.0 Å². The Morgan fingerprint density at radius 3 is 3.00 bits per heavy atom. The van der Waals surface area contributed by atoms with E-state index in [1.54, 1.807) is 6.20 Å². The Labute approximate surface area is 161 Å². The van der Waals surface area contributed by atoms with E-state index < -0.39 is 11.7 Å². The zero-order chi connectivity index (χ0) is 19.5. The summed E-state index contributed by atoms with van der Waals surface area (Å²) < 4.78 is 14.0. The van der Waals surface area contributed by atoms with Gasteiger partial charge in [-0.05, 0) is 43.7 Å². The number of nitrogens with zero attached hydrogens (tertiary/aromatic N) is 2. The molecule has 28 heavy (non-hydrogen) atoms. The van der Waals surface area contributed by atoms with Gasteiger partial charge in [-0.25, -0.2) is 4.39 Å². The number of amides is 1. The molecule has 3 heterocycles. The normalized spacial score (nSPS) is 17.5. The second-order valence-corrected chi connectivity index (χ2v) is 7.08. The Balaban J connectivity index is 1.46. The fraction of sp³-hybridized carbons (Fsp3) is 0.286. The largest absolute Gasteiger partial charge is 0.348 e. The highest BCUT2D eigenvalue weighted by Gasteiger charge is 2.23. The number of rotatable bonds is 4. The quantitative estimate of drug-likeness (QED) is 0.729. The number of likely N-dealkylation sites (tertiary alicyclic amines) is 1. The Morgan fingerprint density at radius 2 is 2.18 bits per heavy atom. The third-order valence-corrected chi connectivity index (χ3v) is 5.01. The summed E-state index contributed by atoms with van der Waals surface area (Å²) >= 11 is 0. The zero-order valence-corrected chi connectivity index (χ0v) is 15.3. The number of hydrogen-bond donors (Lipinski definition) is 2. The molecule has 144 valence electrons. The minimum absolute atomic E-state index is 0.0372. The third kappa shape index (κ3) is 3.94. The number of hydrogen-bond acceptors (Lipinski definition) is 4. The van der Waals surface area contributed by atoms with Crippen LogP contribution in [0.25, 0.3) is 10.9 Å². The first-order valence-corrected chi connectivity index (χ1v) is 9.35. The summed E-state index contributed by atoms with van der Waals surface area (Å²) in [5.41, 5.74) is 0.743. The van der Waals surface area contributed by atoms with E-state index in [1.807, 2.05) is 18.2 Å². The van der Waals surface area contributed by atoms with Crippen molar-refractivity contribution >= 4 is 16.8 Å². The van der Waals surface area contributed by atoms with Crippen LogP contribution in [0, 0.1) is 5.82 Å². The van der Waals surface area contributed by atoms with Crippen molar-refractivity contribution in [3.63, 3.8) is 0 Å². The molecule has 2 N–H and O–H groups in total. The van der Waals surface area contributed by atoms with Crippen molar-refractivity contribution in [1.29, 1.82) is 0 Å². The summed E-state index contributed by atoms with van der Waals surface area (Å²) in [7, 11) is 0. The van der Waals surface area contributed by atoms with Crippen LogP contribution in [0.4, 0.5) is 4.39 Å². The molecular weight excluding hydrogens is 359 g/mol. The average molecular weight is 380 g/mol. The van der Waals surface area contributed by atoms with Crippen molar-refractivity contribution in [3.8, 4) is 0 Å². The minimum atomic E-state index is -0.552. The summed E-state index contributed by atoms with van der Waals surface area (Å²) in [6.45, 7) is 2.38. The van der Waals surface area contributed by atoms with E-state index in [0.717, 1.165) is 31.6 Å². The lowest BCUT2D eigenvalue weighted by molar-refractivity contribution is 0.0895. The highest BCUT2D eigenvalue weighted by molar-refractivity contribution is 5.95. The number of fused-ring (bicyclic) bond motifs is 1. The summed E-state index contributed by atoms with van der Waals surface area (Å²) in [6.07, 6.45) is 3.59. The van der Waals surface area contributed by atoms with Crippen LogP contribution in [0.3, 0.4) is 0 Å². The molecule has 0 bridgehead atoms. The van der Waals surface area contributed by atoms with Crippen molar-refractivity contribution < 1.29 is 9.18 Å². The number of carbonyl (C=O) groups is 1. The lowest BCUT2D eigenvalue weighted by Gasteiger charge is -2.32. The molecule has 0 saturated carbocycles. The van der Waals surface area contributed by atoms with Crippen LogP contribution in [-0.2, 0) is 6.54 Å². The number of carbonyl (C=O) groups excluding carboxylic acids is 1. The first kappa shape index (κ1) is 18.3. The van der Waals surface area contributed by atoms with Crippen LogP contribution < -0.4 is 10.7 Å². The predicted molar refractivity (Wildman–Crippen MR) is 105 cm³/mol. The van der Waals surface area contributed by atoms with Crippen molar-refractivity contribution in [1.82, 2.24) is 20.2 Å². The van der Waals surface area contributed by atoms with Gasteiger partial charge in [-0.2, -0.15) is 0 Å². The van der Waals surface area contributed by atoms with Crippen molar-refractivity contribution in [2.45, 2.75) is 25.4 Å². The lowest BCUT2D eigenvalue weighted by atomic mass is 10.0. The number of pyridine rings is 2. The molecule has 1 unspecified atom stereocenters. The van der Waals surface area contributed by atoms with Gasteiger partial charge in [-0.1, -0.05) is 12.1 Å². The number of aromatic nitrogens is 2. The molecule has 1 saturated heterocycles. The molecule has 3 aromatic rings. The van der Waals surface area contributed by atoms with Gasteiger partial charge in [-0.15, -0.1) is 0 Å². The number of para-hydroxylation sites is 1. The van der Waals surface area contributed by atoms with E-state index in [2.05, 4.69) is 20.2 Å². The minimum Gasteiger partial charge on any atom is -0.348 e. The number of benzene rings is 1. The molecule has 1 aliphatic heterocycles. The first-order chi connectivity index (χ1) is 13.6. The van der Waals surface area contributed by atoms with Gasteiger partial charge in [0.1, 0.15) is 11.5 Å². The molecule has 1 aromatic carbocycles. The Morgan fingerprint density at radius 1 is 1.29 bits per heavy atom. The van der Waals surface area contributed by atoms with Crippen molar-refractivity contribution in [3.05, 3.63) is 76.1 Å². The van der Waals surface area contributed by atoms with Gasteiger partial charge in [0, 0.05) is 36.8 Å². The molecule has 1 fully saturated rings. The van der Waals surface area contributed by atoms with Gasteiger partial charge >= 0.3 is 0 Å². The van der Waals surface area contributed by atoms with Crippen LogP contribution in [0.5, 0.6) is 0 Å².